The van der Waals surface area contributed by atoms with Crippen LogP contribution in [-0.4, -0.2) is 41.5 Å². The molecule has 0 unspecified atom stereocenters. The van der Waals surface area contributed by atoms with Crippen molar-refractivity contribution in [2.45, 2.75) is 46.2 Å². The molecule has 0 fully saturated rings. The predicted molar refractivity (Wildman–Crippen MR) is 92.3 cm³/mol. The maximum Gasteiger partial charge on any atom is 0.252 e. The maximum absolute atomic E-state index is 13.0. The van der Waals surface area contributed by atoms with Crippen LogP contribution in [0.25, 0.3) is 11.0 Å². The zero-order valence-electron chi connectivity index (χ0n) is 14.9. The van der Waals surface area contributed by atoms with E-state index in [-0.39, 0.29) is 11.9 Å². The number of amides is 1. The van der Waals surface area contributed by atoms with E-state index in [0.717, 1.165) is 46.9 Å². The molecule has 0 bridgehead atoms. The van der Waals surface area contributed by atoms with E-state index in [9.17, 15) is 4.79 Å². The first-order valence-electron chi connectivity index (χ1n) is 8.44. The average molecular weight is 339 g/mol. The Morgan fingerprint density at radius 1 is 1.28 bits per heavy atom. The Balaban J connectivity index is 1.64. The molecule has 1 amide bonds. The van der Waals surface area contributed by atoms with E-state index in [2.05, 4.69) is 30.2 Å². The summed E-state index contributed by atoms with van der Waals surface area (Å²) in [6.07, 6.45) is 1.69. The summed E-state index contributed by atoms with van der Waals surface area (Å²) in [7, 11) is 1.85. The van der Waals surface area contributed by atoms with Gasteiger partial charge < -0.3 is 9.88 Å². The Bertz CT molecular complexity index is 985. The number of rotatable bonds is 2. The minimum absolute atomic E-state index is 0.0650. The largest absolute Gasteiger partial charge is 0.347 e. The summed E-state index contributed by atoms with van der Waals surface area (Å²) in [6, 6.07) is 1.90. The lowest BCUT2D eigenvalue weighted by Crippen LogP contribution is -2.41. The van der Waals surface area contributed by atoms with Gasteiger partial charge in [0.25, 0.3) is 5.91 Å². The highest BCUT2D eigenvalue weighted by molar-refractivity contribution is 6.06. The van der Waals surface area contributed by atoms with E-state index >= 15 is 0 Å². The first-order chi connectivity index (χ1) is 11.9. The van der Waals surface area contributed by atoms with Crippen molar-refractivity contribution in [3.05, 3.63) is 34.7 Å². The molecule has 1 N–H and O–H groups in total. The Kier molecular flexibility index (Phi) is 3.55. The van der Waals surface area contributed by atoms with Gasteiger partial charge in [-0.15, -0.1) is 10.2 Å². The third-order valence-corrected chi connectivity index (χ3v) is 4.81. The van der Waals surface area contributed by atoms with Gasteiger partial charge in [0.05, 0.1) is 16.6 Å². The number of nitrogens with zero attached hydrogens (tertiary/aromatic N) is 6. The van der Waals surface area contributed by atoms with Crippen LogP contribution in [0.4, 0.5) is 0 Å². The van der Waals surface area contributed by atoms with Crippen molar-refractivity contribution >= 4 is 16.9 Å². The van der Waals surface area contributed by atoms with E-state index in [4.69, 9.17) is 0 Å². The fraction of sp³-hybridized carbons (Fsp3) is 0.471. The van der Waals surface area contributed by atoms with Crippen LogP contribution in [0.1, 0.15) is 39.8 Å². The minimum atomic E-state index is -0.0780. The number of aryl methyl sites for hydroxylation is 5. The fourth-order valence-electron chi connectivity index (χ4n) is 3.59. The van der Waals surface area contributed by atoms with Gasteiger partial charge in [0, 0.05) is 31.7 Å². The van der Waals surface area contributed by atoms with E-state index in [1.807, 2.05) is 33.9 Å². The topological polar surface area (TPSA) is 90.5 Å². The summed E-state index contributed by atoms with van der Waals surface area (Å²) in [4.78, 5) is 17.5. The van der Waals surface area contributed by atoms with Crippen molar-refractivity contribution in [1.82, 2.24) is 34.8 Å². The second-order valence-electron chi connectivity index (χ2n) is 6.70. The molecule has 0 aliphatic carbocycles. The second-order valence-corrected chi connectivity index (χ2v) is 6.70. The highest BCUT2D eigenvalue weighted by Gasteiger charge is 2.25. The average Bonchev–Trinajstić information content (AvgIpc) is 3.07. The zero-order valence-corrected chi connectivity index (χ0v) is 14.9. The number of carbonyl (C=O) groups excluding carboxylic acids is 1. The molecule has 4 rings (SSSR count). The molecule has 1 atom stereocenters. The number of hydrogen-bond donors (Lipinski definition) is 1. The smallest absolute Gasteiger partial charge is 0.252 e. The lowest BCUT2D eigenvalue weighted by molar-refractivity contribution is 0.0928. The van der Waals surface area contributed by atoms with Crippen molar-refractivity contribution in [1.29, 1.82) is 0 Å². The molecular formula is C17H21N7O. The van der Waals surface area contributed by atoms with Gasteiger partial charge in [-0.05, 0) is 33.3 Å². The summed E-state index contributed by atoms with van der Waals surface area (Å²) < 4.78 is 3.80. The Morgan fingerprint density at radius 3 is 2.88 bits per heavy atom. The lowest BCUT2D eigenvalue weighted by Gasteiger charge is -2.25. The van der Waals surface area contributed by atoms with Crippen LogP contribution >= 0.6 is 0 Å². The van der Waals surface area contributed by atoms with Crippen LogP contribution in [0.3, 0.4) is 0 Å². The molecule has 1 aliphatic heterocycles. The monoisotopic (exact) mass is 339 g/mol. The number of fused-ring (bicyclic) bond motifs is 2. The highest BCUT2D eigenvalue weighted by Crippen LogP contribution is 2.22. The standard InChI is InChI=1S/C17H21N7O/c1-9-7-13(15-10(2)22-23(4)16(15)18-9)17(25)19-12-5-6-14-21-20-11(3)24(14)8-12/h7,12H,5-6,8H2,1-4H3,(H,19,25)/t12-/m1/s1. The highest BCUT2D eigenvalue weighted by atomic mass is 16.1. The van der Waals surface area contributed by atoms with Crippen LogP contribution in [0.5, 0.6) is 0 Å². The van der Waals surface area contributed by atoms with Crippen molar-refractivity contribution in [3.8, 4) is 0 Å². The summed E-state index contributed by atoms with van der Waals surface area (Å²) in [5.41, 5.74) is 3.00. The summed E-state index contributed by atoms with van der Waals surface area (Å²) in [5, 5.41) is 16.7. The van der Waals surface area contributed by atoms with Crippen molar-refractivity contribution in [2.75, 3.05) is 0 Å². The number of carbonyl (C=O) groups is 1. The van der Waals surface area contributed by atoms with Crippen LogP contribution in [0.15, 0.2) is 6.07 Å². The quantitative estimate of drug-likeness (QED) is 0.758. The molecule has 0 saturated carbocycles. The SMILES string of the molecule is Cc1cc(C(=O)N[C@@H]2CCc3nnc(C)n3C2)c2c(C)nn(C)c2n1. The van der Waals surface area contributed by atoms with E-state index in [0.29, 0.717) is 12.1 Å². The van der Waals surface area contributed by atoms with Crippen LogP contribution in [-0.2, 0) is 20.0 Å². The Hall–Kier alpha value is -2.77. The van der Waals surface area contributed by atoms with Gasteiger partial charge in [-0.25, -0.2) is 4.98 Å². The van der Waals surface area contributed by atoms with E-state index < -0.39 is 0 Å². The summed E-state index contributed by atoms with van der Waals surface area (Å²) in [6.45, 7) is 6.45. The van der Waals surface area contributed by atoms with Gasteiger partial charge in [0.15, 0.2) is 5.65 Å². The number of nitrogens with one attached hydrogen (secondary N) is 1. The van der Waals surface area contributed by atoms with Crippen LogP contribution < -0.4 is 5.32 Å². The molecule has 0 aromatic carbocycles. The molecule has 130 valence electrons. The second kappa shape index (κ2) is 5.65. The molecule has 25 heavy (non-hydrogen) atoms. The molecular weight excluding hydrogens is 318 g/mol. The summed E-state index contributed by atoms with van der Waals surface area (Å²) >= 11 is 0. The lowest BCUT2D eigenvalue weighted by atomic mass is 10.0. The van der Waals surface area contributed by atoms with Gasteiger partial charge in [-0.1, -0.05) is 0 Å². The van der Waals surface area contributed by atoms with E-state index in [1.54, 1.807) is 4.68 Å². The normalized spacial score (nSPS) is 16.9. The maximum atomic E-state index is 13.0. The molecule has 1 aliphatic rings. The van der Waals surface area contributed by atoms with Gasteiger partial charge >= 0.3 is 0 Å². The molecule has 8 nitrogen and oxygen atoms in total. The van der Waals surface area contributed by atoms with Crippen LogP contribution in [0, 0.1) is 20.8 Å². The van der Waals surface area contributed by atoms with Crippen molar-refractivity contribution in [2.24, 2.45) is 7.05 Å². The number of aromatic nitrogens is 6. The minimum Gasteiger partial charge on any atom is -0.347 e. The third-order valence-electron chi connectivity index (χ3n) is 4.81. The van der Waals surface area contributed by atoms with Crippen molar-refractivity contribution < 1.29 is 4.79 Å². The van der Waals surface area contributed by atoms with Crippen LogP contribution in [0.2, 0.25) is 0 Å². The molecule has 3 aromatic heterocycles. The van der Waals surface area contributed by atoms with Gasteiger partial charge in [-0.3, -0.25) is 9.48 Å². The number of pyridine rings is 1. The molecule has 0 spiro atoms. The Morgan fingerprint density at radius 2 is 2.08 bits per heavy atom. The number of hydrogen-bond acceptors (Lipinski definition) is 5. The first-order valence-corrected chi connectivity index (χ1v) is 8.44. The molecule has 0 radical (unpaired) electrons. The molecule has 3 aromatic rings. The Labute approximate surface area is 145 Å². The van der Waals surface area contributed by atoms with Gasteiger partial charge in [0.2, 0.25) is 0 Å². The van der Waals surface area contributed by atoms with E-state index in [1.165, 1.54) is 0 Å². The molecule has 0 saturated heterocycles. The van der Waals surface area contributed by atoms with Gasteiger partial charge in [-0.2, -0.15) is 5.10 Å². The third kappa shape index (κ3) is 2.57. The summed E-state index contributed by atoms with van der Waals surface area (Å²) in [5.74, 6) is 1.80. The molecule has 8 heteroatoms. The van der Waals surface area contributed by atoms with Crippen molar-refractivity contribution in [3.63, 3.8) is 0 Å². The zero-order chi connectivity index (χ0) is 17.7. The molecule has 4 heterocycles. The van der Waals surface area contributed by atoms with Gasteiger partial charge in [0.1, 0.15) is 11.6 Å². The predicted octanol–water partition coefficient (Wildman–Crippen LogP) is 1.23. The fourth-order valence-corrected chi connectivity index (χ4v) is 3.59. The first kappa shape index (κ1) is 15.7.